The number of nitrogens with two attached hydrogens (primary N) is 1. The molecule has 0 aromatic heterocycles. The first kappa shape index (κ1) is 18.3. The predicted octanol–water partition coefficient (Wildman–Crippen LogP) is 1.66. The number of guanidine groups is 1. The monoisotopic (exact) mass is 332 g/mol. The summed E-state index contributed by atoms with van der Waals surface area (Å²) in [5.74, 6) is 1.19. The summed E-state index contributed by atoms with van der Waals surface area (Å²) in [6.45, 7) is 5.93. The summed E-state index contributed by atoms with van der Waals surface area (Å²) in [5, 5.41) is 6.53. The quantitative estimate of drug-likeness (QED) is 0.345. The van der Waals surface area contributed by atoms with E-state index >= 15 is 0 Å². The minimum absolute atomic E-state index is 0.413. The van der Waals surface area contributed by atoms with E-state index in [1.54, 1.807) is 12.1 Å². The summed E-state index contributed by atoms with van der Waals surface area (Å²) < 4.78 is 5.62. The van der Waals surface area contributed by atoms with Gasteiger partial charge in [0, 0.05) is 31.9 Å². The van der Waals surface area contributed by atoms with Crippen molar-refractivity contribution in [3.05, 3.63) is 35.4 Å². The average Bonchev–Trinajstić information content (AvgIpc) is 3.40. The number of amides is 1. The fraction of sp³-hybridized carbons (Fsp3) is 0.556. The second-order valence-corrected chi connectivity index (χ2v) is 6.05. The molecule has 24 heavy (non-hydrogen) atoms. The maximum Gasteiger partial charge on any atom is 0.248 e. The Morgan fingerprint density at radius 2 is 2.04 bits per heavy atom. The maximum absolute atomic E-state index is 11.1. The minimum Gasteiger partial charge on any atom is -0.381 e. The van der Waals surface area contributed by atoms with Gasteiger partial charge < -0.3 is 21.1 Å². The van der Waals surface area contributed by atoms with Crippen LogP contribution in [0.2, 0.25) is 0 Å². The van der Waals surface area contributed by atoms with Gasteiger partial charge in [-0.3, -0.25) is 4.79 Å². The molecule has 1 fully saturated rings. The molecule has 2 rings (SSSR count). The van der Waals surface area contributed by atoms with Crippen LogP contribution < -0.4 is 16.4 Å². The molecule has 0 bridgehead atoms. The molecule has 0 heterocycles. The predicted molar refractivity (Wildman–Crippen MR) is 95.9 cm³/mol. The van der Waals surface area contributed by atoms with Gasteiger partial charge in [-0.1, -0.05) is 12.1 Å². The number of ether oxygens (including phenoxy) is 1. The lowest BCUT2D eigenvalue weighted by atomic mass is 10.1. The standard InChI is InChI=1S/C18H28N4O2/c1-2-20-18(21-10-3-11-24-13-15-4-5-15)22-12-14-6-8-16(9-7-14)17(19)23/h6-9,15H,2-5,10-13H2,1H3,(H2,19,23)(H2,20,21,22). The summed E-state index contributed by atoms with van der Waals surface area (Å²) in [7, 11) is 0. The topological polar surface area (TPSA) is 88.7 Å². The number of carbonyl (C=O) groups is 1. The molecule has 0 radical (unpaired) electrons. The van der Waals surface area contributed by atoms with Crippen molar-refractivity contribution in [1.29, 1.82) is 0 Å². The van der Waals surface area contributed by atoms with Crippen LogP contribution in [0.4, 0.5) is 0 Å². The average molecular weight is 332 g/mol. The highest BCUT2D eigenvalue weighted by molar-refractivity contribution is 5.92. The van der Waals surface area contributed by atoms with Crippen LogP contribution in [-0.4, -0.2) is 38.2 Å². The maximum atomic E-state index is 11.1. The largest absolute Gasteiger partial charge is 0.381 e. The molecule has 0 spiro atoms. The number of primary amides is 1. The summed E-state index contributed by atoms with van der Waals surface area (Å²) in [4.78, 5) is 15.6. The van der Waals surface area contributed by atoms with E-state index in [1.165, 1.54) is 12.8 Å². The highest BCUT2D eigenvalue weighted by atomic mass is 16.5. The molecule has 6 heteroatoms. The van der Waals surface area contributed by atoms with E-state index in [9.17, 15) is 4.79 Å². The van der Waals surface area contributed by atoms with Gasteiger partial charge in [0.05, 0.1) is 6.54 Å². The Morgan fingerprint density at radius 1 is 1.29 bits per heavy atom. The van der Waals surface area contributed by atoms with Gasteiger partial charge in [-0.25, -0.2) is 4.99 Å². The van der Waals surface area contributed by atoms with E-state index in [0.717, 1.165) is 50.2 Å². The fourth-order valence-electron chi connectivity index (χ4n) is 2.20. The van der Waals surface area contributed by atoms with Gasteiger partial charge in [0.15, 0.2) is 5.96 Å². The lowest BCUT2D eigenvalue weighted by molar-refractivity contribution is 0.100. The summed E-state index contributed by atoms with van der Waals surface area (Å²) in [6, 6.07) is 7.20. The molecule has 1 aromatic carbocycles. The first-order valence-corrected chi connectivity index (χ1v) is 8.67. The SMILES string of the molecule is CCNC(=NCc1ccc(C(N)=O)cc1)NCCCOCC1CC1. The number of nitrogens with zero attached hydrogens (tertiary/aromatic N) is 1. The van der Waals surface area contributed by atoms with Crippen LogP contribution in [0.15, 0.2) is 29.3 Å². The molecule has 132 valence electrons. The van der Waals surface area contributed by atoms with Crippen molar-refractivity contribution in [2.24, 2.45) is 16.6 Å². The van der Waals surface area contributed by atoms with Gasteiger partial charge in [-0.2, -0.15) is 0 Å². The van der Waals surface area contributed by atoms with E-state index in [0.29, 0.717) is 12.1 Å². The van der Waals surface area contributed by atoms with Gasteiger partial charge >= 0.3 is 0 Å². The van der Waals surface area contributed by atoms with Gasteiger partial charge in [-0.15, -0.1) is 0 Å². The third kappa shape index (κ3) is 7.00. The number of aliphatic imine (C=N–C) groups is 1. The fourth-order valence-corrected chi connectivity index (χ4v) is 2.20. The van der Waals surface area contributed by atoms with Gasteiger partial charge in [0.25, 0.3) is 0 Å². The number of hydrogen-bond donors (Lipinski definition) is 3. The minimum atomic E-state index is -0.413. The number of nitrogens with one attached hydrogen (secondary N) is 2. The van der Waals surface area contributed by atoms with Crippen molar-refractivity contribution in [3.63, 3.8) is 0 Å². The van der Waals surface area contributed by atoms with Crippen molar-refractivity contribution >= 4 is 11.9 Å². The molecular formula is C18H28N4O2. The number of carbonyl (C=O) groups excluding carboxylic acids is 1. The second kappa shape index (κ2) is 9.93. The lowest BCUT2D eigenvalue weighted by Crippen LogP contribution is -2.38. The molecule has 1 aliphatic carbocycles. The van der Waals surface area contributed by atoms with Crippen molar-refractivity contribution in [2.75, 3.05) is 26.3 Å². The van der Waals surface area contributed by atoms with E-state index in [1.807, 2.05) is 19.1 Å². The van der Waals surface area contributed by atoms with Crippen LogP contribution in [0, 0.1) is 5.92 Å². The van der Waals surface area contributed by atoms with Crippen LogP contribution in [0.5, 0.6) is 0 Å². The highest BCUT2D eigenvalue weighted by Gasteiger charge is 2.20. The van der Waals surface area contributed by atoms with E-state index in [-0.39, 0.29) is 0 Å². The van der Waals surface area contributed by atoms with Crippen molar-refractivity contribution in [2.45, 2.75) is 32.7 Å². The molecule has 0 unspecified atom stereocenters. The van der Waals surface area contributed by atoms with E-state index in [2.05, 4.69) is 15.6 Å². The Hall–Kier alpha value is -2.08. The molecule has 1 saturated carbocycles. The van der Waals surface area contributed by atoms with E-state index < -0.39 is 5.91 Å². The summed E-state index contributed by atoms with van der Waals surface area (Å²) in [6.07, 6.45) is 3.62. The van der Waals surface area contributed by atoms with Crippen LogP contribution in [-0.2, 0) is 11.3 Å². The molecule has 1 amide bonds. The zero-order chi connectivity index (χ0) is 17.2. The lowest BCUT2D eigenvalue weighted by Gasteiger charge is -2.11. The smallest absolute Gasteiger partial charge is 0.248 e. The molecule has 4 N–H and O–H groups in total. The molecule has 0 aliphatic heterocycles. The normalized spacial score (nSPS) is 14.5. The Bertz CT molecular complexity index is 538. The van der Waals surface area contributed by atoms with Gasteiger partial charge in [0.1, 0.15) is 0 Å². The highest BCUT2D eigenvalue weighted by Crippen LogP contribution is 2.28. The molecule has 0 atom stereocenters. The van der Waals surface area contributed by atoms with Crippen LogP contribution in [0.3, 0.4) is 0 Å². The van der Waals surface area contributed by atoms with Crippen molar-refractivity contribution in [1.82, 2.24) is 10.6 Å². The Labute approximate surface area is 143 Å². The Morgan fingerprint density at radius 3 is 2.67 bits per heavy atom. The van der Waals surface area contributed by atoms with Crippen molar-refractivity contribution < 1.29 is 9.53 Å². The zero-order valence-electron chi connectivity index (χ0n) is 14.4. The third-order valence-corrected chi connectivity index (χ3v) is 3.81. The zero-order valence-corrected chi connectivity index (χ0v) is 14.4. The Balaban J connectivity index is 1.71. The molecule has 1 aromatic rings. The first-order chi connectivity index (χ1) is 11.7. The third-order valence-electron chi connectivity index (χ3n) is 3.81. The molecule has 6 nitrogen and oxygen atoms in total. The Kier molecular flexibility index (Phi) is 7.55. The number of benzene rings is 1. The number of rotatable bonds is 10. The van der Waals surface area contributed by atoms with Gasteiger partial charge in [0.2, 0.25) is 5.91 Å². The van der Waals surface area contributed by atoms with Gasteiger partial charge in [-0.05, 0) is 49.8 Å². The summed E-state index contributed by atoms with van der Waals surface area (Å²) in [5.41, 5.74) is 6.78. The van der Waals surface area contributed by atoms with E-state index in [4.69, 9.17) is 10.5 Å². The molecule has 0 saturated heterocycles. The second-order valence-electron chi connectivity index (χ2n) is 6.05. The van der Waals surface area contributed by atoms with Crippen LogP contribution >= 0.6 is 0 Å². The van der Waals surface area contributed by atoms with Crippen molar-refractivity contribution in [3.8, 4) is 0 Å². The summed E-state index contributed by atoms with van der Waals surface area (Å²) >= 11 is 0. The first-order valence-electron chi connectivity index (χ1n) is 8.67. The number of hydrogen-bond acceptors (Lipinski definition) is 3. The molecular weight excluding hydrogens is 304 g/mol. The van der Waals surface area contributed by atoms with Crippen LogP contribution in [0.1, 0.15) is 42.1 Å². The van der Waals surface area contributed by atoms with Crippen LogP contribution in [0.25, 0.3) is 0 Å². The molecule has 1 aliphatic rings.